The molecule has 3 rings (SSSR count). The highest BCUT2D eigenvalue weighted by atomic mass is 16.4. The zero-order valence-electron chi connectivity index (χ0n) is 11.8. The molecule has 0 radical (unpaired) electrons. The maximum Gasteiger partial charge on any atom is 0.337 e. The lowest BCUT2D eigenvalue weighted by Gasteiger charge is -2.00. The molecule has 9 nitrogen and oxygen atoms in total. The van der Waals surface area contributed by atoms with Gasteiger partial charge in [0.25, 0.3) is 5.56 Å². The minimum absolute atomic E-state index is 0.220. The molecular formula is C13H13N5O4. The Morgan fingerprint density at radius 1 is 1.27 bits per heavy atom. The number of carbonyl (C=O) groups is 1. The number of aromatic amines is 1. The molecule has 0 aliphatic rings. The van der Waals surface area contributed by atoms with Gasteiger partial charge in [0.15, 0.2) is 5.65 Å². The number of pyridine rings is 1. The number of rotatable bonds is 1. The highest BCUT2D eigenvalue weighted by Gasteiger charge is 2.08. The van der Waals surface area contributed by atoms with E-state index in [2.05, 4.69) is 15.0 Å². The van der Waals surface area contributed by atoms with E-state index in [1.54, 1.807) is 13.1 Å². The van der Waals surface area contributed by atoms with Crippen LogP contribution in [0, 0.1) is 0 Å². The zero-order valence-corrected chi connectivity index (χ0v) is 11.8. The van der Waals surface area contributed by atoms with Gasteiger partial charge in [-0.1, -0.05) is 0 Å². The third-order valence-electron chi connectivity index (χ3n) is 2.94. The molecule has 0 fully saturated rings. The first-order valence-electron chi connectivity index (χ1n) is 6.16. The lowest BCUT2D eigenvalue weighted by molar-refractivity contribution is 0.0696. The van der Waals surface area contributed by atoms with Crippen LogP contribution in [0.1, 0.15) is 10.4 Å². The summed E-state index contributed by atoms with van der Waals surface area (Å²) in [6.45, 7) is 0. The van der Waals surface area contributed by atoms with E-state index in [-0.39, 0.29) is 16.8 Å². The smallest absolute Gasteiger partial charge is 0.337 e. The number of H-pyrrole nitrogens is 1. The summed E-state index contributed by atoms with van der Waals surface area (Å²) in [6.07, 6.45) is 4.24. The van der Waals surface area contributed by atoms with Crippen LogP contribution in [0.4, 0.5) is 0 Å². The Morgan fingerprint density at radius 2 is 2.00 bits per heavy atom. The number of fused-ring (bicyclic) bond motifs is 1. The maximum absolute atomic E-state index is 11.4. The number of nitrogens with zero attached hydrogens (tertiary/aromatic N) is 4. The van der Waals surface area contributed by atoms with Crippen molar-refractivity contribution in [2.45, 2.75) is 0 Å². The average Bonchev–Trinajstić information content (AvgIpc) is 3.02. The summed E-state index contributed by atoms with van der Waals surface area (Å²) >= 11 is 0. The Morgan fingerprint density at radius 3 is 2.55 bits per heavy atom. The van der Waals surface area contributed by atoms with Gasteiger partial charge >= 0.3 is 11.7 Å². The van der Waals surface area contributed by atoms with E-state index in [0.29, 0.717) is 11.2 Å². The first-order chi connectivity index (χ1) is 10.4. The number of nitrogens with one attached hydrogen (secondary N) is 1. The fourth-order valence-electron chi connectivity index (χ4n) is 1.76. The van der Waals surface area contributed by atoms with Crippen LogP contribution in [0.25, 0.3) is 11.2 Å². The number of carboxylic acids is 1. The Bertz CT molecular complexity index is 923. The Balaban J connectivity index is 0.000000172. The predicted molar refractivity (Wildman–Crippen MR) is 77.8 cm³/mol. The molecule has 0 amide bonds. The molecule has 0 aliphatic heterocycles. The van der Waals surface area contributed by atoms with Crippen LogP contribution in [-0.2, 0) is 14.1 Å². The summed E-state index contributed by atoms with van der Waals surface area (Å²) in [7, 11) is 3.01. The standard InChI is InChI=1S/C7H8N4O2.C6H5NO2/c1-10-5-4(8-3-9-5)6(12)11(2)7(10)13;8-6(9)5-2-1-3-7-4-5/h3H,1-2H3,(H,8,9);1-4H,(H,8,9). The zero-order chi connectivity index (χ0) is 16.3. The highest BCUT2D eigenvalue weighted by Crippen LogP contribution is 1.97. The van der Waals surface area contributed by atoms with E-state index in [1.165, 1.54) is 36.4 Å². The molecule has 0 aromatic carbocycles. The molecule has 3 aromatic rings. The summed E-state index contributed by atoms with van der Waals surface area (Å²) in [4.78, 5) is 43.2. The second-order valence-corrected chi connectivity index (χ2v) is 4.35. The minimum atomic E-state index is -0.942. The molecule has 3 heterocycles. The molecule has 3 aromatic heterocycles. The van der Waals surface area contributed by atoms with Crippen LogP contribution in [0.5, 0.6) is 0 Å². The molecule has 114 valence electrons. The van der Waals surface area contributed by atoms with Crippen LogP contribution in [0.2, 0.25) is 0 Å². The highest BCUT2D eigenvalue weighted by molar-refractivity contribution is 5.86. The summed E-state index contributed by atoms with van der Waals surface area (Å²) in [5.74, 6) is -0.942. The lowest BCUT2D eigenvalue weighted by Crippen LogP contribution is -2.36. The van der Waals surface area contributed by atoms with Crippen LogP contribution in [0.15, 0.2) is 40.4 Å². The molecule has 0 atom stereocenters. The minimum Gasteiger partial charge on any atom is -0.478 e. The molecule has 9 heteroatoms. The number of carboxylic acid groups (broad SMARTS) is 1. The molecule has 22 heavy (non-hydrogen) atoms. The SMILES string of the molecule is Cn1c(=O)c2[nH]cnc2n(C)c1=O.O=C(O)c1cccnc1. The van der Waals surface area contributed by atoms with Gasteiger partial charge in [0, 0.05) is 26.5 Å². The van der Waals surface area contributed by atoms with Crippen molar-refractivity contribution in [3.63, 3.8) is 0 Å². The van der Waals surface area contributed by atoms with Crippen molar-refractivity contribution in [1.82, 2.24) is 24.1 Å². The van der Waals surface area contributed by atoms with Gasteiger partial charge in [-0.25, -0.2) is 14.6 Å². The molecule has 0 aliphatic carbocycles. The van der Waals surface area contributed by atoms with Crippen LogP contribution >= 0.6 is 0 Å². The van der Waals surface area contributed by atoms with Crippen molar-refractivity contribution in [3.8, 4) is 0 Å². The summed E-state index contributed by atoms with van der Waals surface area (Å²) in [6, 6.07) is 3.08. The number of aryl methyl sites for hydroxylation is 1. The second kappa shape index (κ2) is 6.04. The van der Waals surface area contributed by atoms with Crippen molar-refractivity contribution >= 4 is 17.1 Å². The third-order valence-corrected chi connectivity index (χ3v) is 2.94. The van der Waals surface area contributed by atoms with Gasteiger partial charge < -0.3 is 10.1 Å². The monoisotopic (exact) mass is 303 g/mol. The summed E-state index contributed by atoms with van der Waals surface area (Å²) in [5, 5.41) is 8.34. The van der Waals surface area contributed by atoms with Crippen molar-refractivity contribution < 1.29 is 9.90 Å². The number of aromatic nitrogens is 5. The first-order valence-corrected chi connectivity index (χ1v) is 6.16. The van der Waals surface area contributed by atoms with E-state index < -0.39 is 5.97 Å². The first kappa shape index (κ1) is 15.2. The van der Waals surface area contributed by atoms with E-state index in [0.717, 1.165) is 4.57 Å². The predicted octanol–water partition coefficient (Wildman–Crippen LogP) is -0.260. The van der Waals surface area contributed by atoms with Gasteiger partial charge in [-0.05, 0) is 12.1 Å². The molecule has 0 saturated heterocycles. The second-order valence-electron chi connectivity index (χ2n) is 4.35. The maximum atomic E-state index is 11.4. The summed E-state index contributed by atoms with van der Waals surface area (Å²) in [5.41, 5.74) is 0.232. The molecular weight excluding hydrogens is 290 g/mol. The third kappa shape index (κ3) is 2.77. The normalized spacial score (nSPS) is 10.1. The molecule has 2 N–H and O–H groups in total. The number of hydrogen-bond donors (Lipinski definition) is 2. The van der Waals surface area contributed by atoms with E-state index in [1.807, 2.05) is 0 Å². The van der Waals surface area contributed by atoms with E-state index in [9.17, 15) is 14.4 Å². The van der Waals surface area contributed by atoms with Gasteiger partial charge in [-0.15, -0.1) is 0 Å². The van der Waals surface area contributed by atoms with E-state index >= 15 is 0 Å². The van der Waals surface area contributed by atoms with Crippen molar-refractivity contribution in [1.29, 1.82) is 0 Å². The van der Waals surface area contributed by atoms with Crippen LogP contribution in [0.3, 0.4) is 0 Å². The number of aromatic carboxylic acids is 1. The van der Waals surface area contributed by atoms with Gasteiger partial charge in [0.2, 0.25) is 0 Å². The molecule has 0 saturated carbocycles. The molecule has 0 unspecified atom stereocenters. The quantitative estimate of drug-likeness (QED) is 0.638. The van der Waals surface area contributed by atoms with Crippen molar-refractivity contribution in [2.24, 2.45) is 14.1 Å². The lowest BCUT2D eigenvalue weighted by atomic mass is 10.3. The van der Waals surface area contributed by atoms with Crippen LogP contribution < -0.4 is 11.2 Å². The average molecular weight is 303 g/mol. The fraction of sp³-hybridized carbons (Fsp3) is 0.154. The Hall–Kier alpha value is -3.23. The van der Waals surface area contributed by atoms with Gasteiger partial charge in [0.05, 0.1) is 11.9 Å². The Labute approximate surface area is 123 Å². The number of imidazole rings is 1. The van der Waals surface area contributed by atoms with Gasteiger partial charge in [-0.2, -0.15) is 0 Å². The van der Waals surface area contributed by atoms with Crippen LogP contribution in [-0.4, -0.2) is 35.2 Å². The van der Waals surface area contributed by atoms with Crippen molar-refractivity contribution in [3.05, 3.63) is 57.3 Å². The van der Waals surface area contributed by atoms with Crippen molar-refractivity contribution in [2.75, 3.05) is 0 Å². The molecule has 0 bridgehead atoms. The fourth-order valence-corrected chi connectivity index (χ4v) is 1.76. The Kier molecular flexibility index (Phi) is 4.16. The molecule has 0 spiro atoms. The largest absolute Gasteiger partial charge is 0.478 e. The van der Waals surface area contributed by atoms with E-state index in [4.69, 9.17) is 5.11 Å². The van der Waals surface area contributed by atoms with Gasteiger partial charge in [0.1, 0.15) is 5.52 Å². The summed E-state index contributed by atoms with van der Waals surface area (Å²) < 4.78 is 2.37. The topological polar surface area (TPSA) is 123 Å². The number of hydrogen-bond acceptors (Lipinski definition) is 5. The van der Waals surface area contributed by atoms with Gasteiger partial charge in [-0.3, -0.25) is 18.9 Å².